The van der Waals surface area contributed by atoms with Crippen molar-refractivity contribution in [2.75, 3.05) is 26.0 Å². The Bertz CT molecular complexity index is 1040. The second-order valence-corrected chi connectivity index (χ2v) is 8.20. The molecule has 0 N–H and O–H groups in total. The van der Waals surface area contributed by atoms with Gasteiger partial charge in [0.05, 0.1) is 12.9 Å². The maximum atomic E-state index is 12.7. The van der Waals surface area contributed by atoms with Gasteiger partial charge in [0, 0.05) is 43.2 Å². The number of likely N-dealkylation sites (tertiary alicyclic amines) is 1. The van der Waals surface area contributed by atoms with Gasteiger partial charge in [-0.25, -0.2) is 0 Å². The van der Waals surface area contributed by atoms with Crippen LogP contribution in [0.25, 0.3) is 10.8 Å². The number of nitrogens with zero attached hydrogens (tertiary/aromatic N) is 4. The number of benzene rings is 1. The Kier molecular flexibility index (Phi) is 5.71. The fourth-order valence-electron chi connectivity index (χ4n) is 3.80. The van der Waals surface area contributed by atoms with E-state index in [-0.39, 0.29) is 11.8 Å². The molecule has 0 bridgehead atoms. The fraction of sp³-hybridized carbons (Fsp3) is 0.429. The second kappa shape index (κ2) is 8.41. The largest absolute Gasteiger partial charge is 0.496 e. The first-order valence-electron chi connectivity index (χ1n) is 9.69. The molecule has 0 unspecified atom stereocenters. The van der Waals surface area contributed by atoms with E-state index in [2.05, 4.69) is 23.2 Å². The number of rotatable bonds is 5. The van der Waals surface area contributed by atoms with E-state index < -0.39 is 0 Å². The van der Waals surface area contributed by atoms with E-state index in [0.717, 1.165) is 47.2 Å². The van der Waals surface area contributed by atoms with Gasteiger partial charge in [-0.15, -0.1) is 10.2 Å². The normalized spacial score (nSPS) is 16.9. The van der Waals surface area contributed by atoms with E-state index in [9.17, 15) is 4.79 Å². The first-order chi connectivity index (χ1) is 14.0. The zero-order valence-corrected chi connectivity index (χ0v) is 17.7. The lowest BCUT2D eigenvalue weighted by Crippen LogP contribution is -2.40. The molecule has 1 aromatic carbocycles. The highest BCUT2D eigenvalue weighted by molar-refractivity contribution is 7.99. The predicted molar refractivity (Wildman–Crippen MR) is 111 cm³/mol. The van der Waals surface area contributed by atoms with Gasteiger partial charge in [0.25, 0.3) is 5.22 Å². The minimum atomic E-state index is 0.0918. The molecule has 8 heteroatoms. The average molecular weight is 413 g/mol. The van der Waals surface area contributed by atoms with Crippen LogP contribution in [0.4, 0.5) is 0 Å². The zero-order chi connectivity index (χ0) is 20.4. The van der Waals surface area contributed by atoms with Crippen LogP contribution < -0.4 is 4.74 Å². The number of thioether (sulfide) groups is 1. The summed E-state index contributed by atoms with van der Waals surface area (Å²) in [6.45, 7) is 5.27. The number of carbonyl (C=O) groups excluding carboxylic acids is 1. The number of amides is 1. The van der Waals surface area contributed by atoms with Gasteiger partial charge in [0.2, 0.25) is 11.8 Å². The molecule has 7 nitrogen and oxygen atoms in total. The summed E-state index contributed by atoms with van der Waals surface area (Å²) in [5, 5.41) is 10.4. The Morgan fingerprint density at radius 2 is 2.21 bits per heavy atom. The van der Waals surface area contributed by atoms with Crippen LogP contribution in [0, 0.1) is 13.8 Å². The molecule has 1 amide bonds. The van der Waals surface area contributed by atoms with Crippen LogP contribution in [0.1, 0.15) is 35.9 Å². The Morgan fingerprint density at radius 3 is 2.97 bits per heavy atom. The van der Waals surface area contributed by atoms with Crippen molar-refractivity contribution in [3.8, 4) is 5.75 Å². The van der Waals surface area contributed by atoms with E-state index in [1.54, 1.807) is 14.0 Å². The molecule has 0 radical (unpaired) electrons. The molecule has 1 aliphatic rings. The van der Waals surface area contributed by atoms with E-state index in [4.69, 9.17) is 14.1 Å². The van der Waals surface area contributed by atoms with Crippen molar-refractivity contribution in [2.24, 2.45) is 0 Å². The quantitative estimate of drug-likeness (QED) is 0.591. The number of aryl methyl sites for hydroxylation is 2. The number of ether oxygens (including phenoxy) is 1. The fourth-order valence-corrected chi connectivity index (χ4v) is 4.51. The molecule has 29 heavy (non-hydrogen) atoms. The summed E-state index contributed by atoms with van der Waals surface area (Å²) in [5.41, 5.74) is 2.15. The maximum absolute atomic E-state index is 12.7. The van der Waals surface area contributed by atoms with Crippen molar-refractivity contribution in [1.82, 2.24) is 20.1 Å². The van der Waals surface area contributed by atoms with Crippen molar-refractivity contribution in [1.29, 1.82) is 0 Å². The number of methoxy groups -OCH3 is 1. The summed E-state index contributed by atoms with van der Waals surface area (Å²) in [4.78, 5) is 19.3. The molecule has 1 saturated heterocycles. The molecule has 2 aromatic heterocycles. The van der Waals surface area contributed by atoms with Gasteiger partial charge in [-0.3, -0.25) is 9.78 Å². The molecule has 3 aromatic rings. The van der Waals surface area contributed by atoms with Gasteiger partial charge in [-0.05, 0) is 48.9 Å². The van der Waals surface area contributed by atoms with Crippen molar-refractivity contribution >= 4 is 28.4 Å². The Morgan fingerprint density at radius 1 is 1.34 bits per heavy atom. The molecule has 1 atom stereocenters. The van der Waals surface area contributed by atoms with Gasteiger partial charge in [0.15, 0.2) is 0 Å². The molecule has 0 saturated carbocycles. The number of hydrogen-bond acceptors (Lipinski definition) is 7. The van der Waals surface area contributed by atoms with Crippen LogP contribution in [0.2, 0.25) is 0 Å². The predicted octanol–water partition coefficient (Wildman–Crippen LogP) is 3.74. The number of hydrogen-bond donors (Lipinski definition) is 0. The molecule has 1 aliphatic heterocycles. The van der Waals surface area contributed by atoms with E-state index >= 15 is 0 Å². The molecule has 1 fully saturated rings. The first kappa shape index (κ1) is 19.7. The SMILES string of the molecule is COc1ccc2cnc([C@@H]3CCCN(C(=O)CSc4nnc(C)o4)C3)cc2c1C. The third-order valence-corrected chi connectivity index (χ3v) is 6.19. The Labute approximate surface area is 173 Å². The zero-order valence-electron chi connectivity index (χ0n) is 16.8. The summed E-state index contributed by atoms with van der Waals surface area (Å²) >= 11 is 1.29. The minimum absolute atomic E-state index is 0.0918. The summed E-state index contributed by atoms with van der Waals surface area (Å²) in [6.07, 6.45) is 3.92. The van der Waals surface area contributed by atoms with Crippen LogP contribution >= 0.6 is 11.8 Å². The second-order valence-electron chi connectivity index (χ2n) is 7.28. The Hall–Kier alpha value is -2.61. The molecular formula is C21H24N4O3S. The van der Waals surface area contributed by atoms with E-state index in [1.165, 1.54) is 11.8 Å². The third-order valence-electron chi connectivity index (χ3n) is 5.38. The van der Waals surface area contributed by atoms with Crippen LogP contribution in [-0.2, 0) is 4.79 Å². The number of aromatic nitrogens is 3. The molecule has 0 aliphatic carbocycles. The summed E-state index contributed by atoms with van der Waals surface area (Å²) in [6, 6.07) is 6.16. The lowest BCUT2D eigenvalue weighted by Gasteiger charge is -2.32. The van der Waals surface area contributed by atoms with Gasteiger partial charge < -0.3 is 14.1 Å². The lowest BCUT2D eigenvalue weighted by molar-refractivity contribution is -0.129. The van der Waals surface area contributed by atoms with Crippen molar-refractivity contribution < 1.29 is 13.9 Å². The minimum Gasteiger partial charge on any atom is -0.496 e. The third kappa shape index (κ3) is 4.22. The summed E-state index contributed by atoms with van der Waals surface area (Å²) < 4.78 is 10.8. The summed E-state index contributed by atoms with van der Waals surface area (Å²) in [5.74, 6) is 2.01. The smallest absolute Gasteiger partial charge is 0.277 e. The van der Waals surface area contributed by atoms with Crippen LogP contribution in [0.5, 0.6) is 5.75 Å². The van der Waals surface area contributed by atoms with E-state index in [1.807, 2.05) is 23.2 Å². The van der Waals surface area contributed by atoms with Gasteiger partial charge in [-0.1, -0.05) is 11.8 Å². The number of carbonyl (C=O) groups is 1. The van der Waals surface area contributed by atoms with Crippen LogP contribution in [0.3, 0.4) is 0 Å². The lowest BCUT2D eigenvalue weighted by atomic mass is 9.92. The standard InChI is InChI=1S/C21H24N4O3S/c1-13-17-9-18(22-10-15(17)6-7-19(13)27-3)16-5-4-8-25(11-16)20(26)12-29-21-24-23-14(2)28-21/h6-7,9-10,16H,4-5,8,11-12H2,1-3H3/t16-/m1/s1. The number of pyridine rings is 1. The van der Waals surface area contributed by atoms with Gasteiger partial charge in [0.1, 0.15) is 5.75 Å². The highest BCUT2D eigenvalue weighted by Gasteiger charge is 2.26. The Balaban J connectivity index is 1.47. The topological polar surface area (TPSA) is 81.4 Å². The van der Waals surface area contributed by atoms with Crippen LogP contribution in [0.15, 0.2) is 34.0 Å². The summed E-state index contributed by atoms with van der Waals surface area (Å²) in [7, 11) is 1.69. The first-order valence-corrected chi connectivity index (χ1v) is 10.7. The molecular weight excluding hydrogens is 388 g/mol. The highest BCUT2D eigenvalue weighted by Crippen LogP contribution is 2.32. The molecule has 4 rings (SSSR count). The van der Waals surface area contributed by atoms with Crippen molar-refractivity contribution in [2.45, 2.75) is 37.8 Å². The monoisotopic (exact) mass is 412 g/mol. The van der Waals surface area contributed by atoms with E-state index in [0.29, 0.717) is 23.4 Å². The van der Waals surface area contributed by atoms with Crippen molar-refractivity contribution in [3.05, 3.63) is 41.5 Å². The molecule has 152 valence electrons. The maximum Gasteiger partial charge on any atom is 0.277 e. The van der Waals surface area contributed by atoms with Gasteiger partial charge >= 0.3 is 0 Å². The number of piperidine rings is 1. The van der Waals surface area contributed by atoms with Gasteiger partial charge in [-0.2, -0.15) is 0 Å². The molecule has 3 heterocycles. The number of fused-ring (bicyclic) bond motifs is 1. The van der Waals surface area contributed by atoms with Crippen LogP contribution in [-0.4, -0.2) is 51.9 Å². The van der Waals surface area contributed by atoms with Crippen molar-refractivity contribution in [3.63, 3.8) is 0 Å². The average Bonchev–Trinajstić information content (AvgIpc) is 3.17. The highest BCUT2D eigenvalue weighted by atomic mass is 32.2. The molecule has 0 spiro atoms.